The third-order valence-electron chi connectivity index (χ3n) is 7.14. The molecule has 0 spiro atoms. The number of fused-ring (bicyclic) bond motifs is 2. The number of sulfonamides is 1. The van der Waals surface area contributed by atoms with E-state index in [2.05, 4.69) is 12.2 Å². The van der Waals surface area contributed by atoms with E-state index >= 15 is 0 Å². The predicted octanol–water partition coefficient (Wildman–Crippen LogP) is 4.34. The van der Waals surface area contributed by atoms with E-state index in [1.165, 1.54) is 42.1 Å². The fourth-order valence-corrected chi connectivity index (χ4v) is 7.73. The van der Waals surface area contributed by atoms with Gasteiger partial charge in [-0.1, -0.05) is 29.6 Å². The molecule has 1 amide bonds. The van der Waals surface area contributed by atoms with E-state index in [-0.39, 0.29) is 27.8 Å². The lowest BCUT2D eigenvalue weighted by Gasteiger charge is -2.33. The number of hydrogen-bond donors (Lipinski definition) is 1. The van der Waals surface area contributed by atoms with E-state index in [9.17, 15) is 13.2 Å². The summed E-state index contributed by atoms with van der Waals surface area (Å²) in [6, 6.07) is 4.64. The molecule has 1 N–H and O–H groups in total. The maximum Gasteiger partial charge on any atom is 0.244 e. The zero-order chi connectivity index (χ0) is 20.8. The van der Waals surface area contributed by atoms with Crippen molar-refractivity contribution in [2.24, 2.45) is 23.7 Å². The number of amides is 1. The second-order valence-corrected chi connectivity index (χ2v) is 11.6. The van der Waals surface area contributed by atoms with Gasteiger partial charge in [-0.05, 0) is 75.0 Å². The first-order chi connectivity index (χ1) is 13.8. The minimum absolute atomic E-state index is 0.0273. The van der Waals surface area contributed by atoms with Crippen molar-refractivity contribution in [2.45, 2.75) is 56.4 Å². The zero-order valence-electron chi connectivity index (χ0n) is 16.6. The smallest absolute Gasteiger partial charge is 0.244 e. The van der Waals surface area contributed by atoms with Crippen LogP contribution in [0.3, 0.4) is 0 Å². The first kappa shape index (κ1) is 21.4. The van der Waals surface area contributed by atoms with Crippen LogP contribution in [0.25, 0.3) is 0 Å². The molecule has 1 saturated heterocycles. The quantitative estimate of drug-likeness (QED) is 0.713. The second kappa shape index (κ2) is 8.37. The Labute approximate surface area is 183 Å². The molecular formula is C21H28Cl2N2O3S. The topological polar surface area (TPSA) is 66.5 Å². The van der Waals surface area contributed by atoms with E-state index < -0.39 is 10.0 Å². The van der Waals surface area contributed by atoms with Gasteiger partial charge in [0.05, 0.1) is 5.02 Å². The van der Waals surface area contributed by atoms with Crippen molar-refractivity contribution in [3.05, 3.63) is 28.2 Å². The molecule has 2 saturated carbocycles. The van der Waals surface area contributed by atoms with Gasteiger partial charge in [0.15, 0.2) is 0 Å². The van der Waals surface area contributed by atoms with Crippen molar-refractivity contribution in [1.29, 1.82) is 0 Å². The first-order valence-electron chi connectivity index (χ1n) is 10.5. The third-order valence-corrected chi connectivity index (χ3v) is 9.76. The number of hydrogen-bond acceptors (Lipinski definition) is 3. The van der Waals surface area contributed by atoms with Crippen LogP contribution in [0.5, 0.6) is 0 Å². The lowest BCUT2D eigenvalue weighted by molar-refractivity contribution is -0.127. The van der Waals surface area contributed by atoms with Gasteiger partial charge in [-0.3, -0.25) is 4.79 Å². The Hall–Kier alpha value is -0.820. The summed E-state index contributed by atoms with van der Waals surface area (Å²) in [6.45, 7) is 2.75. The van der Waals surface area contributed by atoms with Crippen molar-refractivity contribution in [3.63, 3.8) is 0 Å². The van der Waals surface area contributed by atoms with Crippen molar-refractivity contribution in [3.8, 4) is 0 Å². The number of nitrogens with zero attached hydrogens (tertiary/aromatic N) is 1. The van der Waals surface area contributed by atoms with Gasteiger partial charge in [0, 0.05) is 30.1 Å². The Morgan fingerprint density at radius 2 is 1.86 bits per heavy atom. The van der Waals surface area contributed by atoms with E-state index in [0.717, 1.165) is 11.8 Å². The van der Waals surface area contributed by atoms with Crippen LogP contribution in [-0.4, -0.2) is 37.8 Å². The highest BCUT2D eigenvalue weighted by molar-refractivity contribution is 7.89. The minimum atomic E-state index is -3.72. The number of benzene rings is 1. The SMILES string of the molecule is CC(NC(=O)C1CCN(S(=O)(=O)c2cc(Cl)ccc2Cl)CC1)C1CC2CCC1C2. The predicted molar refractivity (Wildman–Crippen MR) is 114 cm³/mol. The summed E-state index contributed by atoms with van der Waals surface area (Å²) >= 11 is 12.1. The molecule has 1 aromatic carbocycles. The highest BCUT2D eigenvalue weighted by atomic mass is 35.5. The first-order valence-corrected chi connectivity index (χ1v) is 12.7. The Balaban J connectivity index is 1.34. The molecule has 3 fully saturated rings. The summed E-state index contributed by atoms with van der Waals surface area (Å²) in [5, 5.41) is 3.72. The molecule has 0 aromatic heterocycles. The van der Waals surface area contributed by atoms with Crippen molar-refractivity contribution in [1.82, 2.24) is 9.62 Å². The summed E-state index contributed by atoms with van der Waals surface area (Å²) in [5.41, 5.74) is 0. The number of carbonyl (C=O) groups is 1. The van der Waals surface area contributed by atoms with Gasteiger partial charge < -0.3 is 5.32 Å². The molecule has 5 nitrogen and oxygen atoms in total. The van der Waals surface area contributed by atoms with Crippen LogP contribution in [0.1, 0.15) is 45.4 Å². The average molecular weight is 459 g/mol. The lowest BCUT2D eigenvalue weighted by Crippen LogP contribution is -2.47. The zero-order valence-corrected chi connectivity index (χ0v) is 18.9. The normalized spacial score (nSPS) is 29.1. The summed E-state index contributed by atoms with van der Waals surface area (Å²) in [7, 11) is -3.72. The second-order valence-electron chi connectivity index (χ2n) is 8.89. The Morgan fingerprint density at radius 3 is 2.48 bits per heavy atom. The van der Waals surface area contributed by atoms with E-state index in [1.807, 2.05) is 0 Å². The Bertz CT molecular complexity index is 884. The molecule has 4 rings (SSSR count). The number of piperidine rings is 1. The third kappa shape index (κ3) is 4.32. The van der Waals surface area contributed by atoms with E-state index in [4.69, 9.17) is 23.2 Å². The number of rotatable bonds is 5. The molecule has 1 heterocycles. The summed E-state index contributed by atoms with van der Waals surface area (Å²) in [5.74, 6) is 2.15. The van der Waals surface area contributed by atoms with Crippen molar-refractivity contribution in [2.75, 3.05) is 13.1 Å². The number of halogens is 2. The van der Waals surface area contributed by atoms with Crippen LogP contribution in [0.15, 0.2) is 23.1 Å². The molecule has 0 radical (unpaired) electrons. The fraction of sp³-hybridized carbons (Fsp3) is 0.667. The van der Waals surface area contributed by atoms with Crippen LogP contribution >= 0.6 is 23.2 Å². The van der Waals surface area contributed by atoms with Gasteiger partial charge in [-0.15, -0.1) is 0 Å². The van der Waals surface area contributed by atoms with Crippen LogP contribution in [-0.2, 0) is 14.8 Å². The van der Waals surface area contributed by atoms with Crippen LogP contribution in [0.4, 0.5) is 0 Å². The molecule has 160 valence electrons. The highest BCUT2D eigenvalue weighted by Gasteiger charge is 2.42. The standard InChI is InChI=1S/C21H28Cl2N2O3S/c1-13(18-11-14-2-3-16(18)10-14)24-21(26)15-6-8-25(9-7-15)29(27,28)20-12-17(22)4-5-19(20)23/h4-5,12-16,18H,2-3,6-11H2,1H3,(H,24,26). The average Bonchev–Trinajstić information content (AvgIpc) is 3.33. The molecule has 3 aliphatic rings. The van der Waals surface area contributed by atoms with Gasteiger partial charge in [0.2, 0.25) is 15.9 Å². The maximum absolute atomic E-state index is 12.9. The van der Waals surface area contributed by atoms with Gasteiger partial charge in [-0.2, -0.15) is 4.31 Å². The minimum Gasteiger partial charge on any atom is -0.353 e. The molecule has 29 heavy (non-hydrogen) atoms. The molecular weight excluding hydrogens is 431 g/mol. The Morgan fingerprint density at radius 1 is 1.14 bits per heavy atom. The van der Waals surface area contributed by atoms with Gasteiger partial charge in [0.1, 0.15) is 4.90 Å². The molecule has 4 atom stereocenters. The van der Waals surface area contributed by atoms with Crippen LogP contribution < -0.4 is 5.32 Å². The monoisotopic (exact) mass is 458 g/mol. The lowest BCUT2D eigenvalue weighted by atomic mass is 9.83. The Kier molecular flexibility index (Phi) is 6.18. The number of nitrogens with one attached hydrogen (secondary N) is 1. The maximum atomic E-state index is 12.9. The van der Waals surface area contributed by atoms with Crippen molar-refractivity contribution >= 4 is 39.1 Å². The summed E-state index contributed by atoms with van der Waals surface area (Å²) < 4.78 is 27.3. The van der Waals surface area contributed by atoms with Gasteiger partial charge >= 0.3 is 0 Å². The largest absolute Gasteiger partial charge is 0.353 e. The molecule has 4 unspecified atom stereocenters. The molecule has 8 heteroatoms. The summed E-state index contributed by atoms with van der Waals surface area (Å²) in [6.07, 6.45) is 6.26. The fourth-order valence-electron chi connectivity index (χ4n) is 5.53. The van der Waals surface area contributed by atoms with Crippen LogP contribution in [0, 0.1) is 23.7 Å². The molecule has 2 aliphatic carbocycles. The van der Waals surface area contributed by atoms with Gasteiger partial charge in [0.25, 0.3) is 0 Å². The van der Waals surface area contributed by atoms with Gasteiger partial charge in [-0.25, -0.2) is 8.42 Å². The number of carbonyl (C=O) groups excluding carboxylic acids is 1. The molecule has 2 bridgehead atoms. The summed E-state index contributed by atoms with van der Waals surface area (Å²) in [4.78, 5) is 12.8. The highest BCUT2D eigenvalue weighted by Crippen LogP contribution is 2.49. The molecule has 1 aromatic rings. The van der Waals surface area contributed by atoms with Crippen LogP contribution in [0.2, 0.25) is 10.0 Å². The molecule has 1 aliphatic heterocycles. The van der Waals surface area contributed by atoms with Crippen molar-refractivity contribution < 1.29 is 13.2 Å². The van der Waals surface area contributed by atoms with E-state index in [1.54, 1.807) is 6.07 Å². The van der Waals surface area contributed by atoms with E-state index in [0.29, 0.717) is 36.9 Å².